The van der Waals surface area contributed by atoms with Crippen LogP contribution in [0.2, 0.25) is 0 Å². The van der Waals surface area contributed by atoms with Crippen molar-refractivity contribution in [2.45, 2.75) is 20.3 Å². The van der Waals surface area contributed by atoms with Crippen LogP contribution in [0.15, 0.2) is 30.4 Å². The standard InChI is InChI=1S/C19H19NO2/c1-9-3-6-15(10(2)7-9)20-18(21)16-11-4-5-12(14-8-13(11)14)17(16)19(20)22/h3-7,11-14,16-17H,8H2,1-2H3/t11-,12-,13-,14-,16-,17+/m0/s1. The van der Waals surface area contributed by atoms with E-state index in [-0.39, 0.29) is 23.7 Å². The Hall–Kier alpha value is -1.90. The van der Waals surface area contributed by atoms with E-state index in [9.17, 15) is 9.59 Å². The lowest BCUT2D eigenvalue weighted by molar-refractivity contribution is -0.124. The van der Waals surface area contributed by atoms with Crippen molar-refractivity contribution in [1.29, 1.82) is 0 Å². The Morgan fingerprint density at radius 1 is 0.955 bits per heavy atom. The van der Waals surface area contributed by atoms with Crippen molar-refractivity contribution in [1.82, 2.24) is 0 Å². The number of carbonyl (C=O) groups excluding carboxylic acids is 2. The van der Waals surface area contributed by atoms with Crippen molar-refractivity contribution in [2.75, 3.05) is 4.90 Å². The zero-order valence-corrected chi connectivity index (χ0v) is 12.8. The van der Waals surface area contributed by atoms with Crippen molar-refractivity contribution in [3.05, 3.63) is 41.5 Å². The second kappa shape index (κ2) is 3.89. The van der Waals surface area contributed by atoms with Crippen molar-refractivity contribution < 1.29 is 9.59 Å². The predicted molar refractivity (Wildman–Crippen MR) is 83.1 cm³/mol. The fourth-order valence-corrected chi connectivity index (χ4v) is 5.25. The molecule has 2 saturated carbocycles. The number of benzene rings is 1. The van der Waals surface area contributed by atoms with Gasteiger partial charge in [-0.3, -0.25) is 9.59 Å². The molecule has 0 N–H and O–H groups in total. The molecule has 0 radical (unpaired) electrons. The molecule has 1 aromatic carbocycles. The van der Waals surface area contributed by atoms with Crippen LogP contribution in [0, 0.1) is 49.4 Å². The molecule has 1 aromatic rings. The number of allylic oxidation sites excluding steroid dienone is 2. The maximum atomic E-state index is 13.0. The summed E-state index contributed by atoms with van der Waals surface area (Å²) < 4.78 is 0. The normalized spacial score (nSPS) is 40.9. The monoisotopic (exact) mass is 293 g/mol. The lowest BCUT2D eigenvalue weighted by Crippen LogP contribution is -2.40. The van der Waals surface area contributed by atoms with E-state index in [1.165, 1.54) is 11.3 Å². The molecule has 3 fully saturated rings. The molecule has 0 aromatic heterocycles. The number of anilines is 1. The summed E-state index contributed by atoms with van der Waals surface area (Å²) in [5.74, 6) is 1.77. The van der Waals surface area contributed by atoms with E-state index >= 15 is 0 Å². The van der Waals surface area contributed by atoms with Gasteiger partial charge < -0.3 is 0 Å². The van der Waals surface area contributed by atoms with Crippen LogP contribution in [-0.4, -0.2) is 11.8 Å². The molecule has 6 atom stereocenters. The van der Waals surface area contributed by atoms with Gasteiger partial charge in [0.2, 0.25) is 11.8 Å². The molecule has 2 amide bonds. The first-order chi connectivity index (χ1) is 10.6. The van der Waals surface area contributed by atoms with Crippen molar-refractivity contribution in [3.63, 3.8) is 0 Å². The van der Waals surface area contributed by atoms with E-state index in [1.54, 1.807) is 0 Å². The SMILES string of the molecule is Cc1ccc(N2C(=O)[C@@H]3[C@H]4C=C[C@@H]([C@@H]5C[C@@H]45)[C@@H]3C2=O)c(C)c1. The van der Waals surface area contributed by atoms with Gasteiger partial charge in [0.15, 0.2) is 0 Å². The highest BCUT2D eigenvalue weighted by atomic mass is 16.2. The fraction of sp³-hybridized carbons (Fsp3) is 0.474. The largest absolute Gasteiger partial charge is 0.274 e. The minimum Gasteiger partial charge on any atom is -0.274 e. The lowest BCUT2D eigenvalue weighted by atomic mass is 9.63. The number of hydrogen-bond acceptors (Lipinski definition) is 2. The maximum absolute atomic E-state index is 13.0. The van der Waals surface area contributed by atoms with E-state index in [0.29, 0.717) is 23.7 Å². The first kappa shape index (κ1) is 12.6. The molecule has 112 valence electrons. The Kier molecular flexibility index (Phi) is 2.23. The van der Waals surface area contributed by atoms with E-state index in [2.05, 4.69) is 12.2 Å². The smallest absolute Gasteiger partial charge is 0.238 e. The fourth-order valence-electron chi connectivity index (χ4n) is 5.25. The predicted octanol–water partition coefficient (Wildman–Crippen LogP) is 2.86. The summed E-state index contributed by atoms with van der Waals surface area (Å²) >= 11 is 0. The third-order valence-corrected chi connectivity index (χ3v) is 6.26. The topological polar surface area (TPSA) is 37.4 Å². The number of hydrogen-bond donors (Lipinski definition) is 0. The second-order valence-electron chi connectivity index (χ2n) is 7.46. The molecule has 1 heterocycles. The quantitative estimate of drug-likeness (QED) is 0.590. The maximum Gasteiger partial charge on any atom is 0.238 e. The lowest BCUT2D eigenvalue weighted by Gasteiger charge is -2.37. The zero-order chi connectivity index (χ0) is 15.2. The number of imide groups is 1. The van der Waals surface area contributed by atoms with E-state index < -0.39 is 0 Å². The van der Waals surface area contributed by atoms with Crippen LogP contribution in [0.3, 0.4) is 0 Å². The third-order valence-electron chi connectivity index (χ3n) is 6.26. The van der Waals surface area contributed by atoms with Gasteiger partial charge in [-0.1, -0.05) is 29.8 Å². The van der Waals surface area contributed by atoms with Gasteiger partial charge in [-0.25, -0.2) is 4.90 Å². The van der Waals surface area contributed by atoms with Crippen LogP contribution >= 0.6 is 0 Å². The van der Waals surface area contributed by atoms with Crippen molar-refractivity contribution in [2.24, 2.45) is 35.5 Å². The van der Waals surface area contributed by atoms with Gasteiger partial charge in [0.25, 0.3) is 0 Å². The number of rotatable bonds is 1. The summed E-state index contributed by atoms with van der Waals surface area (Å²) in [6, 6.07) is 5.95. The number of amides is 2. The zero-order valence-electron chi connectivity index (χ0n) is 12.8. The van der Waals surface area contributed by atoms with Crippen LogP contribution in [-0.2, 0) is 9.59 Å². The van der Waals surface area contributed by atoms with E-state index in [0.717, 1.165) is 16.8 Å². The highest BCUT2D eigenvalue weighted by molar-refractivity contribution is 6.23. The average molecular weight is 293 g/mol. The molecule has 4 aliphatic carbocycles. The second-order valence-corrected chi connectivity index (χ2v) is 7.46. The van der Waals surface area contributed by atoms with Crippen LogP contribution in [0.5, 0.6) is 0 Å². The summed E-state index contributed by atoms with van der Waals surface area (Å²) in [6.45, 7) is 4.01. The van der Waals surface area contributed by atoms with Gasteiger partial charge in [0.05, 0.1) is 17.5 Å². The van der Waals surface area contributed by atoms with Crippen LogP contribution in [0.25, 0.3) is 0 Å². The van der Waals surface area contributed by atoms with E-state index in [4.69, 9.17) is 0 Å². The Morgan fingerprint density at radius 3 is 2.09 bits per heavy atom. The molecule has 2 bridgehead atoms. The van der Waals surface area contributed by atoms with Gasteiger partial charge >= 0.3 is 0 Å². The molecule has 0 spiro atoms. The Bertz CT molecular complexity index is 714. The Balaban J connectivity index is 1.60. The first-order valence-electron chi connectivity index (χ1n) is 8.21. The van der Waals surface area contributed by atoms with Gasteiger partial charge in [-0.15, -0.1) is 0 Å². The van der Waals surface area contributed by atoms with Gasteiger partial charge in [0, 0.05) is 0 Å². The van der Waals surface area contributed by atoms with Crippen LogP contribution < -0.4 is 4.90 Å². The Labute approximate surface area is 130 Å². The summed E-state index contributed by atoms with van der Waals surface area (Å²) in [6.07, 6.45) is 5.65. The summed E-state index contributed by atoms with van der Waals surface area (Å²) in [4.78, 5) is 27.5. The summed E-state index contributed by atoms with van der Waals surface area (Å²) in [7, 11) is 0. The van der Waals surface area contributed by atoms with Crippen LogP contribution in [0.1, 0.15) is 17.5 Å². The Morgan fingerprint density at radius 2 is 1.55 bits per heavy atom. The minimum atomic E-state index is -0.105. The third kappa shape index (κ3) is 1.37. The number of aryl methyl sites for hydroxylation is 2. The molecule has 1 saturated heterocycles. The van der Waals surface area contributed by atoms with Gasteiger partial charge in [-0.05, 0) is 55.6 Å². The number of nitrogens with zero attached hydrogens (tertiary/aromatic N) is 1. The molecule has 0 unspecified atom stereocenters. The van der Waals surface area contributed by atoms with Crippen molar-refractivity contribution >= 4 is 17.5 Å². The van der Waals surface area contributed by atoms with Crippen LogP contribution in [0.4, 0.5) is 5.69 Å². The summed E-state index contributed by atoms with van der Waals surface area (Å²) in [5.41, 5.74) is 2.94. The van der Waals surface area contributed by atoms with E-state index in [1.807, 2.05) is 32.0 Å². The molecule has 6 rings (SSSR count). The molecule has 3 heteroatoms. The molecule has 22 heavy (non-hydrogen) atoms. The highest BCUT2D eigenvalue weighted by Crippen LogP contribution is 2.65. The van der Waals surface area contributed by atoms with Gasteiger partial charge in [0.1, 0.15) is 0 Å². The number of carbonyl (C=O) groups is 2. The first-order valence-corrected chi connectivity index (χ1v) is 8.21. The molecule has 5 aliphatic rings. The summed E-state index contributed by atoms with van der Waals surface area (Å²) in [5, 5.41) is 0. The molecule has 1 aliphatic heterocycles. The average Bonchev–Trinajstić information content (AvgIpc) is 3.26. The van der Waals surface area contributed by atoms with Gasteiger partial charge in [-0.2, -0.15) is 0 Å². The minimum absolute atomic E-state index is 0.0339. The highest BCUT2D eigenvalue weighted by Gasteiger charge is 2.67. The van der Waals surface area contributed by atoms with Crippen molar-refractivity contribution in [3.8, 4) is 0 Å². The molecule has 3 nitrogen and oxygen atoms in total. The molecular weight excluding hydrogens is 274 g/mol. The molecular formula is C19H19NO2.